The van der Waals surface area contributed by atoms with Crippen molar-refractivity contribution >= 4 is 52.0 Å². The van der Waals surface area contributed by atoms with Gasteiger partial charge in [0.05, 0.1) is 17.4 Å². The number of piperazine rings is 1. The lowest BCUT2D eigenvalue weighted by Gasteiger charge is -2.35. The van der Waals surface area contributed by atoms with E-state index >= 15 is 0 Å². The van der Waals surface area contributed by atoms with Crippen molar-refractivity contribution in [1.82, 2.24) is 39.5 Å². The van der Waals surface area contributed by atoms with Crippen LogP contribution in [0.25, 0.3) is 11.0 Å². The summed E-state index contributed by atoms with van der Waals surface area (Å²) in [7, 11) is 0. The monoisotopic (exact) mass is 906 g/mol. The Morgan fingerprint density at radius 1 is 0.851 bits per heavy atom. The number of amides is 3. The molecule has 0 bridgehead atoms. The van der Waals surface area contributed by atoms with Crippen LogP contribution in [0.2, 0.25) is 0 Å². The lowest BCUT2D eigenvalue weighted by Crippen LogP contribution is -2.52. The van der Waals surface area contributed by atoms with Crippen LogP contribution in [0.4, 0.5) is 17.5 Å². The zero-order valence-corrected chi connectivity index (χ0v) is 38.3. The van der Waals surface area contributed by atoms with Crippen LogP contribution in [0.5, 0.6) is 5.75 Å². The summed E-state index contributed by atoms with van der Waals surface area (Å²) in [6.07, 6.45) is 10.1. The number of Topliss-reactive ketones (excluding diaryl/α,β-unsaturated/α-hetero) is 1. The van der Waals surface area contributed by atoms with Gasteiger partial charge in [-0.15, -0.1) is 0 Å². The fraction of sp³-hybridized carbons (Fsp3) is 0.451. The molecule has 16 nitrogen and oxygen atoms in total. The molecule has 4 fully saturated rings. The second-order valence-electron chi connectivity index (χ2n) is 18.8. The van der Waals surface area contributed by atoms with Crippen molar-refractivity contribution in [1.29, 1.82) is 0 Å². The predicted molar refractivity (Wildman–Crippen MR) is 254 cm³/mol. The summed E-state index contributed by atoms with van der Waals surface area (Å²) in [4.78, 5) is 86.3. The summed E-state index contributed by atoms with van der Waals surface area (Å²) in [5.74, 6) is 1.24. The zero-order valence-electron chi connectivity index (χ0n) is 38.3. The highest BCUT2D eigenvalue weighted by molar-refractivity contribution is 6.05. The first-order valence-corrected chi connectivity index (χ1v) is 23.9. The molecule has 3 aromatic heterocycles. The maximum absolute atomic E-state index is 13.6. The number of aromatic nitrogens is 4. The van der Waals surface area contributed by atoms with E-state index in [4.69, 9.17) is 9.72 Å². The third-order valence-corrected chi connectivity index (χ3v) is 14.6. The van der Waals surface area contributed by atoms with Gasteiger partial charge in [0.2, 0.25) is 17.8 Å². The van der Waals surface area contributed by atoms with E-state index in [0.717, 1.165) is 108 Å². The number of carbonyl (C=O) groups excluding carboxylic acids is 4. The van der Waals surface area contributed by atoms with E-state index in [1.807, 2.05) is 18.3 Å². The number of hydrogen-bond donors (Lipinski definition) is 2. The fourth-order valence-electron chi connectivity index (χ4n) is 10.8. The largest absolute Gasteiger partial charge is 0.492 e. The van der Waals surface area contributed by atoms with Gasteiger partial charge in [-0.3, -0.25) is 43.7 Å². The number of ketones is 1. The summed E-state index contributed by atoms with van der Waals surface area (Å²) in [6.45, 7) is 11.6. The van der Waals surface area contributed by atoms with Crippen LogP contribution in [0.1, 0.15) is 113 Å². The summed E-state index contributed by atoms with van der Waals surface area (Å²) < 4.78 is 7.90. The Hall–Kier alpha value is -6.52. The summed E-state index contributed by atoms with van der Waals surface area (Å²) >= 11 is 0. The van der Waals surface area contributed by atoms with Gasteiger partial charge in [-0.05, 0) is 118 Å². The SMILES string of the molecule is CC(=O)c1c(C)c2cnc(Nc3ccc(N4CCN(CCOc5ccc(CN6CCC(c7ccc8c(c7)CN(C7CCC(=O)NC7=O)C8=O)CC6)cc5)CC4)cn3)nc2n(C2CCCC2)c1=O. The number of hydrogen-bond acceptors (Lipinski definition) is 13. The van der Waals surface area contributed by atoms with E-state index in [1.54, 1.807) is 22.6 Å². The molecule has 4 aliphatic heterocycles. The molecule has 1 atom stereocenters. The van der Waals surface area contributed by atoms with Gasteiger partial charge in [-0.2, -0.15) is 4.98 Å². The topological polar surface area (TPSA) is 175 Å². The number of aryl methyl sites for hydroxylation is 1. The van der Waals surface area contributed by atoms with E-state index in [9.17, 15) is 24.0 Å². The predicted octanol–water partition coefficient (Wildman–Crippen LogP) is 5.90. The third-order valence-electron chi connectivity index (χ3n) is 14.6. The van der Waals surface area contributed by atoms with Gasteiger partial charge in [0, 0.05) is 75.4 Å². The van der Waals surface area contributed by atoms with Crippen LogP contribution >= 0.6 is 0 Å². The molecule has 3 amide bonds. The van der Waals surface area contributed by atoms with E-state index in [2.05, 4.69) is 77.8 Å². The smallest absolute Gasteiger partial charge is 0.263 e. The molecular formula is C51H58N10O6. The van der Waals surface area contributed by atoms with Crippen molar-refractivity contribution in [2.75, 3.05) is 62.6 Å². The third kappa shape index (κ3) is 9.29. The van der Waals surface area contributed by atoms with Gasteiger partial charge in [0.25, 0.3) is 11.5 Å². The number of imide groups is 1. The van der Waals surface area contributed by atoms with Gasteiger partial charge in [-0.25, -0.2) is 9.97 Å². The minimum absolute atomic E-state index is 0.0141. The maximum Gasteiger partial charge on any atom is 0.263 e. The number of likely N-dealkylation sites (tertiary alicyclic amines) is 1. The van der Waals surface area contributed by atoms with Crippen molar-refractivity contribution in [2.45, 2.75) is 96.3 Å². The average Bonchev–Trinajstić information content (AvgIpc) is 3.98. The lowest BCUT2D eigenvalue weighted by atomic mass is 9.87. The molecule has 2 N–H and O–H groups in total. The van der Waals surface area contributed by atoms with Gasteiger partial charge in [0.1, 0.15) is 29.9 Å². The molecule has 348 valence electrons. The first kappa shape index (κ1) is 44.3. The minimum atomic E-state index is -0.594. The van der Waals surface area contributed by atoms with Crippen LogP contribution in [0, 0.1) is 6.92 Å². The van der Waals surface area contributed by atoms with Crippen LogP contribution in [-0.4, -0.2) is 116 Å². The Labute approximate surface area is 389 Å². The first-order valence-electron chi connectivity index (χ1n) is 23.9. The normalized spacial score (nSPS) is 19.9. The molecule has 0 spiro atoms. The van der Waals surface area contributed by atoms with E-state index in [1.165, 1.54) is 18.1 Å². The molecule has 2 aromatic carbocycles. The average molecular weight is 907 g/mol. The van der Waals surface area contributed by atoms with Crippen molar-refractivity contribution in [3.63, 3.8) is 0 Å². The van der Waals surface area contributed by atoms with Crippen LogP contribution in [0.3, 0.4) is 0 Å². The van der Waals surface area contributed by atoms with Crippen molar-refractivity contribution in [2.24, 2.45) is 0 Å². The van der Waals surface area contributed by atoms with Gasteiger partial charge in [0.15, 0.2) is 5.78 Å². The first-order chi connectivity index (χ1) is 32.6. The van der Waals surface area contributed by atoms with Crippen molar-refractivity contribution < 1.29 is 23.9 Å². The van der Waals surface area contributed by atoms with E-state index in [0.29, 0.717) is 59.4 Å². The van der Waals surface area contributed by atoms with Gasteiger partial charge in [-0.1, -0.05) is 37.1 Å². The van der Waals surface area contributed by atoms with Crippen molar-refractivity contribution in [3.05, 3.63) is 111 Å². The summed E-state index contributed by atoms with van der Waals surface area (Å²) in [5.41, 5.74) is 6.32. The molecule has 67 heavy (non-hydrogen) atoms. The molecule has 7 heterocycles. The number of ether oxygens (including phenoxy) is 1. The Morgan fingerprint density at radius 2 is 1.63 bits per heavy atom. The second kappa shape index (κ2) is 19.0. The molecule has 5 aliphatic rings. The van der Waals surface area contributed by atoms with E-state index < -0.39 is 6.04 Å². The Bertz CT molecular complexity index is 2750. The zero-order chi connectivity index (χ0) is 46.2. The maximum atomic E-state index is 13.6. The summed E-state index contributed by atoms with van der Waals surface area (Å²) in [5, 5.41) is 6.32. The van der Waals surface area contributed by atoms with Gasteiger partial charge >= 0.3 is 0 Å². The molecule has 3 saturated heterocycles. The minimum Gasteiger partial charge on any atom is -0.492 e. The number of anilines is 3. The highest BCUT2D eigenvalue weighted by Crippen LogP contribution is 2.35. The number of carbonyl (C=O) groups is 4. The van der Waals surface area contributed by atoms with Crippen LogP contribution < -0.4 is 25.8 Å². The molecule has 5 aromatic rings. The molecule has 10 rings (SSSR count). The number of nitrogens with zero attached hydrogens (tertiary/aromatic N) is 8. The Balaban J connectivity index is 0.653. The number of benzene rings is 2. The number of rotatable bonds is 13. The second-order valence-corrected chi connectivity index (χ2v) is 18.8. The standard InChI is InChI=1S/C51H58N10O6/c1-32-42-29-53-51(56-47(42)61(38-5-3-4-6-38)50(66)46(32)33(2)62)54-44-15-10-39(28-52-44)59-23-21-57(22-24-59)25-26-67-40-11-7-34(8-12-40)30-58-19-17-35(18-20-58)36-9-13-41-37(27-36)31-60(49(41)65)43-14-16-45(63)55-48(43)64/h7-13,15,27-29,35,38,43H,3-6,14,16-26,30-31H2,1-2H3,(H,55,63,64)(H,52,53,54,56). The Kier molecular flexibility index (Phi) is 12.6. The van der Waals surface area contributed by atoms with Gasteiger partial charge < -0.3 is 19.9 Å². The molecule has 16 heteroatoms. The Morgan fingerprint density at radius 3 is 2.34 bits per heavy atom. The summed E-state index contributed by atoms with van der Waals surface area (Å²) in [6, 6.07) is 18.0. The quantitative estimate of drug-likeness (QED) is 0.106. The molecule has 1 aliphatic carbocycles. The highest BCUT2D eigenvalue weighted by Gasteiger charge is 2.39. The highest BCUT2D eigenvalue weighted by atomic mass is 16.5. The van der Waals surface area contributed by atoms with Crippen molar-refractivity contribution in [3.8, 4) is 5.75 Å². The molecule has 0 radical (unpaired) electrons. The van der Waals surface area contributed by atoms with Crippen LogP contribution in [-0.2, 0) is 22.7 Å². The number of nitrogens with one attached hydrogen (secondary N) is 2. The molecule has 1 unspecified atom stereocenters. The fourth-order valence-corrected chi connectivity index (χ4v) is 10.8. The number of fused-ring (bicyclic) bond motifs is 2. The lowest BCUT2D eigenvalue weighted by molar-refractivity contribution is -0.136. The molecule has 1 saturated carbocycles. The van der Waals surface area contributed by atoms with Crippen LogP contribution in [0.15, 0.2) is 71.8 Å². The van der Waals surface area contributed by atoms with E-state index in [-0.39, 0.29) is 47.1 Å². The number of piperidine rings is 2. The number of pyridine rings is 2. The molecular weight excluding hydrogens is 849 g/mol.